The van der Waals surface area contributed by atoms with Crippen LogP contribution in [0.5, 0.6) is 0 Å². The Kier molecular flexibility index (Phi) is 4.23. The minimum atomic E-state index is 0.246. The van der Waals surface area contributed by atoms with Crippen molar-refractivity contribution >= 4 is 15.9 Å². The average molecular weight is 297 g/mol. The number of benzene rings is 1. The lowest BCUT2D eigenvalue weighted by molar-refractivity contribution is 0.104. The molecule has 1 heterocycles. The monoisotopic (exact) mass is 296 g/mol. The third-order valence-electron chi connectivity index (χ3n) is 3.52. The van der Waals surface area contributed by atoms with Crippen LogP contribution in [-0.2, 0) is 6.42 Å². The first-order valence-electron chi connectivity index (χ1n) is 6.28. The van der Waals surface area contributed by atoms with Crippen molar-refractivity contribution in [1.29, 1.82) is 0 Å². The van der Waals surface area contributed by atoms with Crippen molar-refractivity contribution in [2.75, 3.05) is 26.2 Å². The normalized spacial score (nSPS) is 18.3. The van der Waals surface area contributed by atoms with Crippen LogP contribution in [0, 0.1) is 0 Å². The van der Waals surface area contributed by atoms with Gasteiger partial charge in [-0.2, -0.15) is 0 Å². The highest BCUT2D eigenvalue weighted by Gasteiger charge is 2.27. The summed E-state index contributed by atoms with van der Waals surface area (Å²) in [4.78, 5) is 2.59. The van der Waals surface area contributed by atoms with Crippen molar-refractivity contribution in [3.63, 3.8) is 0 Å². The van der Waals surface area contributed by atoms with Gasteiger partial charge in [0, 0.05) is 36.2 Å². The van der Waals surface area contributed by atoms with Crippen molar-refractivity contribution in [3.8, 4) is 0 Å². The Balaban J connectivity index is 2.02. The molecule has 1 aromatic carbocycles. The smallest absolute Gasteiger partial charge is 0.0194 e. The van der Waals surface area contributed by atoms with Crippen molar-refractivity contribution in [1.82, 2.24) is 10.2 Å². The highest BCUT2D eigenvalue weighted by atomic mass is 79.9. The maximum absolute atomic E-state index is 3.48. The highest BCUT2D eigenvalue weighted by molar-refractivity contribution is 9.10. The van der Waals surface area contributed by atoms with E-state index in [0.717, 1.165) is 37.1 Å². The first-order chi connectivity index (χ1) is 8.08. The van der Waals surface area contributed by atoms with E-state index in [1.807, 2.05) is 0 Å². The summed E-state index contributed by atoms with van der Waals surface area (Å²) >= 11 is 3.48. The highest BCUT2D eigenvalue weighted by Crippen LogP contribution is 2.22. The van der Waals surface area contributed by atoms with Gasteiger partial charge >= 0.3 is 0 Å². The lowest BCUT2D eigenvalue weighted by Crippen LogP contribution is -2.54. The van der Waals surface area contributed by atoms with Gasteiger partial charge in [-0.25, -0.2) is 0 Å². The lowest BCUT2D eigenvalue weighted by Gasteiger charge is -2.41. The number of hydrogen-bond donors (Lipinski definition) is 1. The maximum atomic E-state index is 3.48. The molecule has 0 atom stereocenters. The summed E-state index contributed by atoms with van der Waals surface area (Å²) < 4.78 is 1.15. The van der Waals surface area contributed by atoms with E-state index in [1.165, 1.54) is 5.56 Å². The Morgan fingerprint density at radius 1 is 1.18 bits per heavy atom. The Morgan fingerprint density at radius 2 is 1.76 bits per heavy atom. The molecule has 1 aliphatic rings. The molecule has 1 fully saturated rings. The van der Waals surface area contributed by atoms with E-state index >= 15 is 0 Å². The predicted octanol–water partition coefficient (Wildman–Crippen LogP) is 2.68. The van der Waals surface area contributed by atoms with E-state index in [9.17, 15) is 0 Å². The number of rotatable bonds is 3. The molecule has 1 saturated heterocycles. The van der Waals surface area contributed by atoms with Crippen LogP contribution in [-0.4, -0.2) is 36.6 Å². The summed E-state index contributed by atoms with van der Waals surface area (Å²) in [7, 11) is 0. The molecule has 0 aliphatic carbocycles. The quantitative estimate of drug-likeness (QED) is 0.923. The van der Waals surface area contributed by atoms with Gasteiger partial charge in [0.2, 0.25) is 0 Å². The molecular weight excluding hydrogens is 276 g/mol. The second-order valence-electron chi connectivity index (χ2n) is 5.35. The molecule has 1 aromatic rings. The molecule has 3 heteroatoms. The number of nitrogens with one attached hydrogen (secondary N) is 1. The van der Waals surface area contributed by atoms with Crippen LogP contribution in [0.3, 0.4) is 0 Å². The molecule has 0 saturated carbocycles. The number of piperazine rings is 1. The Labute approximate surface area is 113 Å². The van der Waals surface area contributed by atoms with Crippen LogP contribution in [0.2, 0.25) is 0 Å². The van der Waals surface area contributed by atoms with Crippen LogP contribution in [0.15, 0.2) is 28.7 Å². The first-order valence-corrected chi connectivity index (χ1v) is 7.07. The molecular formula is C14H21BrN2. The van der Waals surface area contributed by atoms with Crippen LogP contribution >= 0.6 is 15.9 Å². The van der Waals surface area contributed by atoms with E-state index in [4.69, 9.17) is 0 Å². The molecule has 0 amide bonds. The second kappa shape index (κ2) is 5.51. The predicted molar refractivity (Wildman–Crippen MR) is 76.4 cm³/mol. The summed E-state index contributed by atoms with van der Waals surface area (Å²) in [5, 5.41) is 3.41. The number of halogens is 1. The molecule has 94 valence electrons. The van der Waals surface area contributed by atoms with Gasteiger partial charge in [-0.15, -0.1) is 0 Å². The summed E-state index contributed by atoms with van der Waals surface area (Å²) in [5.41, 5.74) is 1.66. The van der Waals surface area contributed by atoms with Gasteiger partial charge in [0.25, 0.3) is 0 Å². The SMILES string of the molecule is CC(C)(Cc1ccc(Br)cc1)N1CCNCC1. The molecule has 1 aliphatic heterocycles. The second-order valence-corrected chi connectivity index (χ2v) is 6.27. The van der Waals surface area contributed by atoms with Crippen molar-refractivity contribution in [3.05, 3.63) is 34.3 Å². The molecule has 0 unspecified atom stereocenters. The maximum Gasteiger partial charge on any atom is 0.0194 e. The standard InChI is InChI=1S/C14H21BrN2/c1-14(2,17-9-7-16-8-10-17)11-12-3-5-13(15)6-4-12/h3-6,16H,7-11H2,1-2H3. The Hall–Kier alpha value is -0.380. The Bertz CT molecular complexity index is 353. The summed E-state index contributed by atoms with van der Waals surface area (Å²) in [6.07, 6.45) is 1.11. The molecule has 2 nitrogen and oxygen atoms in total. The lowest BCUT2D eigenvalue weighted by atomic mass is 9.92. The minimum Gasteiger partial charge on any atom is -0.314 e. The summed E-state index contributed by atoms with van der Waals surface area (Å²) in [6, 6.07) is 8.69. The number of nitrogens with zero attached hydrogens (tertiary/aromatic N) is 1. The van der Waals surface area contributed by atoms with Gasteiger partial charge in [0.05, 0.1) is 0 Å². The minimum absolute atomic E-state index is 0.246. The topological polar surface area (TPSA) is 15.3 Å². The van der Waals surface area contributed by atoms with Gasteiger partial charge in [0.1, 0.15) is 0 Å². The fraction of sp³-hybridized carbons (Fsp3) is 0.571. The van der Waals surface area contributed by atoms with Crippen molar-refractivity contribution < 1.29 is 0 Å². The molecule has 0 aromatic heterocycles. The van der Waals surface area contributed by atoms with Gasteiger partial charge < -0.3 is 5.32 Å². The third kappa shape index (κ3) is 3.54. The third-order valence-corrected chi connectivity index (χ3v) is 4.05. The van der Waals surface area contributed by atoms with E-state index in [0.29, 0.717) is 0 Å². The van der Waals surface area contributed by atoms with Crippen LogP contribution in [0.4, 0.5) is 0 Å². The molecule has 0 bridgehead atoms. The zero-order valence-electron chi connectivity index (χ0n) is 10.7. The van der Waals surface area contributed by atoms with E-state index in [1.54, 1.807) is 0 Å². The van der Waals surface area contributed by atoms with Crippen molar-refractivity contribution in [2.45, 2.75) is 25.8 Å². The van der Waals surface area contributed by atoms with E-state index < -0.39 is 0 Å². The average Bonchev–Trinajstić information content (AvgIpc) is 2.33. The fourth-order valence-electron chi connectivity index (χ4n) is 2.48. The summed E-state index contributed by atoms with van der Waals surface area (Å²) in [5.74, 6) is 0. The van der Waals surface area contributed by atoms with Crippen molar-refractivity contribution in [2.24, 2.45) is 0 Å². The summed E-state index contributed by atoms with van der Waals surface area (Å²) in [6.45, 7) is 9.24. The van der Waals surface area contributed by atoms with Crippen LogP contribution in [0.25, 0.3) is 0 Å². The fourth-order valence-corrected chi connectivity index (χ4v) is 2.75. The zero-order chi connectivity index (χ0) is 12.3. The number of hydrogen-bond acceptors (Lipinski definition) is 2. The molecule has 2 rings (SSSR count). The van der Waals surface area contributed by atoms with Crippen LogP contribution < -0.4 is 5.32 Å². The van der Waals surface area contributed by atoms with Gasteiger partial charge in [-0.1, -0.05) is 28.1 Å². The van der Waals surface area contributed by atoms with Gasteiger partial charge in [0.15, 0.2) is 0 Å². The van der Waals surface area contributed by atoms with Gasteiger partial charge in [-0.05, 0) is 38.0 Å². The molecule has 1 N–H and O–H groups in total. The largest absolute Gasteiger partial charge is 0.314 e. The molecule has 0 radical (unpaired) electrons. The first kappa shape index (κ1) is 13.1. The molecule has 17 heavy (non-hydrogen) atoms. The van der Waals surface area contributed by atoms with E-state index in [-0.39, 0.29) is 5.54 Å². The zero-order valence-corrected chi connectivity index (χ0v) is 12.3. The van der Waals surface area contributed by atoms with Gasteiger partial charge in [-0.3, -0.25) is 4.90 Å². The Morgan fingerprint density at radius 3 is 2.35 bits per heavy atom. The van der Waals surface area contributed by atoms with E-state index in [2.05, 4.69) is 64.3 Å². The van der Waals surface area contributed by atoms with Crippen LogP contribution in [0.1, 0.15) is 19.4 Å². The molecule has 0 spiro atoms.